The Kier molecular flexibility index (Phi) is 3.75. The number of carbonyl (C=O) groups is 1. The summed E-state index contributed by atoms with van der Waals surface area (Å²) in [5.74, 6) is 0.0769. The summed E-state index contributed by atoms with van der Waals surface area (Å²) in [5.41, 5.74) is 1.47. The minimum absolute atomic E-state index is 0.354. The molecule has 1 aromatic rings. The van der Waals surface area contributed by atoms with Crippen LogP contribution in [0.3, 0.4) is 0 Å². The van der Waals surface area contributed by atoms with Crippen LogP contribution in [0.1, 0.15) is 15.9 Å². The van der Waals surface area contributed by atoms with E-state index >= 15 is 0 Å². The molecule has 0 aliphatic carbocycles. The number of hydrogen-bond acceptors (Lipinski definition) is 2. The van der Waals surface area contributed by atoms with Crippen LogP contribution in [0.15, 0.2) is 22.7 Å². The van der Waals surface area contributed by atoms with Crippen molar-refractivity contribution in [2.24, 2.45) is 0 Å². The lowest BCUT2D eigenvalue weighted by Crippen LogP contribution is -2.02. The molecule has 0 aromatic heterocycles. The fourth-order valence-corrected chi connectivity index (χ4v) is 1.67. The van der Waals surface area contributed by atoms with Gasteiger partial charge in [0.25, 0.3) is 0 Å². The molecule has 0 bridgehead atoms. The minimum atomic E-state index is -0.354. The summed E-state index contributed by atoms with van der Waals surface area (Å²) in [7, 11) is 1.35. The number of ether oxygens (including phenoxy) is 1. The molecule has 0 saturated heterocycles. The zero-order chi connectivity index (χ0) is 9.84. The lowest BCUT2D eigenvalue weighted by molar-refractivity contribution is 0.0599. The quantitative estimate of drug-likeness (QED) is 0.606. The number of methoxy groups -OCH3 is 1. The molecule has 1 aromatic carbocycles. The van der Waals surface area contributed by atoms with Crippen molar-refractivity contribution in [2.45, 2.75) is 5.88 Å². The smallest absolute Gasteiger partial charge is 0.338 e. The molecule has 0 radical (unpaired) electrons. The molecule has 0 aliphatic rings. The number of benzene rings is 1. The molecule has 0 amide bonds. The lowest BCUT2D eigenvalue weighted by Gasteiger charge is -2.03. The Balaban J connectivity index is 3.05. The maximum absolute atomic E-state index is 11.1. The Labute approximate surface area is 90.0 Å². The molecule has 2 nitrogen and oxygen atoms in total. The second-order valence-corrected chi connectivity index (χ2v) is 3.56. The molecule has 0 fully saturated rings. The van der Waals surface area contributed by atoms with Gasteiger partial charge in [-0.05, 0) is 33.6 Å². The summed E-state index contributed by atoms with van der Waals surface area (Å²) < 4.78 is 5.29. The topological polar surface area (TPSA) is 26.3 Å². The molecular weight excluding hydrogens is 255 g/mol. The molecular formula is C9H8BrClO2. The van der Waals surface area contributed by atoms with Crippen LogP contribution in [-0.4, -0.2) is 13.1 Å². The molecule has 0 heterocycles. The zero-order valence-electron chi connectivity index (χ0n) is 7.01. The van der Waals surface area contributed by atoms with Gasteiger partial charge in [-0.2, -0.15) is 0 Å². The highest BCUT2D eigenvalue weighted by Crippen LogP contribution is 2.20. The normalized spacial score (nSPS) is 9.77. The van der Waals surface area contributed by atoms with Gasteiger partial charge in [0.2, 0.25) is 0 Å². The van der Waals surface area contributed by atoms with E-state index in [1.54, 1.807) is 18.2 Å². The summed E-state index contributed by atoms with van der Waals surface area (Å²) in [5, 5.41) is 0. The van der Waals surface area contributed by atoms with Crippen molar-refractivity contribution in [1.82, 2.24) is 0 Å². The monoisotopic (exact) mass is 262 g/mol. The fourth-order valence-electron chi connectivity index (χ4n) is 0.917. The van der Waals surface area contributed by atoms with Gasteiger partial charge < -0.3 is 4.74 Å². The van der Waals surface area contributed by atoms with Crippen molar-refractivity contribution in [3.05, 3.63) is 33.8 Å². The molecule has 0 unspecified atom stereocenters. The van der Waals surface area contributed by atoms with Gasteiger partial charge in [-0.1, -0.05) is 6.07 Å². The first-order chi connectivity index (χ1) is 6.19. The summed E-state index contributed by atoms with van der Waals surface area (Å²) in [6, 6.07) is 5.29. The summed E-state index contributed by atoms with van der Waals surface area (Å²) in [6.07, 6.45) is 0. The van der Waals surface area contributed by atoms with E-state index in [1.807, 2.05) is 0 Å². The van der Waals surface area contributed by atoms with Crippen molar-refractivity contribution in [3.8, 4) is 0 Å². The van der Waals surface area contributed by atoms with Crippen LogP contribution >= 0.6 is 27.5 Å². The Morgan fingerprint density at radius 2 is 2.31 bits per heavy atom. The van der Waals surface area contributed by atoms with Crippen LogP contribution in [0.4, 0.5) is 0 Å². The van der Waals surface area contributed by atoms with Gasteiger partial charge in [0.15, 0.2) is 0 Å². The van der Waals surface area contributed by atoms with Gasteiger partial charge in [0, 0.05) is 10.4 Å². The van der Waals surface area contributed by atoms with Gasteiger partial charge >= 0.3 is 5.97 Å². The molecule has 1 rings (SSSR count). The van der Waals surface area contributed by atoms with Crippen molar-refractivity contribution in [3.63, 3.8) is 0 Å². The average molecular weight is 264 g/mol. The number of carbonyl (C=O) groups excluding carboxylic acids is 1. The number of alkyl halides is 1. The van der Waals surface area contributed by atoms with Gasteiger partial charge in [-0.3, -0.25) is 0 Å². The highest BCUT2D eigenvalue weighted by Gasteiger charge is 2.09. The Morgan fingerprint density at radius 1 is 1.62 bits per heavy atom. The van der Waals surface area contributed by atoms with Gasteiger partial charge in [0.1, 0.15) is 0 Å². The first-order valence-corrected chi connectivity index (χ1v) is 4.94. The molecule has 13 heavy (non-hydrogen) atoms. The Morgan fingerprint density at radius 3 is 2.77 bits per heavy atom. The van der Waals surface area contributed by atoms with Crippen molar-refractivity contribution < 1.29 is 9.53 Å². The number of halogens is 2. The van der Waals surface area contributed by atoms with Crippen molar-refractivity contribution in [1.29, 1.82) is 0 Å². The third-order valence-corrected chi connectivity index (χ3v) is 2.56. The Hall–Kier alpha value is -0.540. The SMILES string of the molecule is COC(=O)c1ccc(CCl)cc1Br. The molecule has 0 spiro atoms. The van der Waals surface area contributed by atoms with Gasteiger partial charge in [-0.15, -0.1) is 11.6 Å². The van der Waals surface area contributed by atoms with E-state index in [-0.39, 0.29) is 5.97 Å². The van der Waals surface area contributed by atoms with Crippen LogP contribution < -0.4 is 0 Å². The number of hydrogen-bond donors (Lipinski definition) is 0. The molecule has 4 heteroatoms. The second-order valence-electron chi connectivity index (χ2n) is 2.44. The van der Waals surface area contributed by atoms with Crippen molar-refractivity contribution in [2.75, 3.05) is 7.11 Å². The largest absolute Gasteiger partial charge is 0.465 e. The van der Waals surface area contributed by atoms with E-state index in [1.165, 1.54) is 7.11 Å². The van der Waals surface area contributed by atoms with E-state index in [2.05, 4.69) is 20.7 Å². The lowest BCUT2D eigenvalue weighted by atomic mass is 10.1. The molecule has 0 N–H and O–H groups in total. The van der Waals surface area contributed by atoms with E-state index in [0.29, 0.717) is 15.9 Å². The van der Waals surface area contributed by atoms with Crippen LogP contribution in [0, 0.1) is 0 Å². The van der Waals surface area contributed by atoms with E-state index in [0.717, 1.165) is 5.56 Å². The van der Waals surface area contributed by atoms with Crippen LogP contribution in [0.2, 0.25) is 0 Å². The number of esters is 1. The molecule has 70 valence electrons. The second kappa shape index (κ2) is 4.63. The highest BCUT2D eigenvalue weighted by atomic mass is 79.9. The maximum Gasteiger partial charge on any atom is 0.338 e. The maximum atomic E-state index is 11.1. The third-order valence-electron chi connectivity index (χ3n) is 1.59. The van der Waals surface area contributed by atoms with Crippen LogP contribution in [0.5, 0.6) is 0 Å². The fraction of sp³-hybridized carbons (Fsp3) is 0.222. The first-order valence-electron chi connectivity index (χ1n) is 3.61. The molecule has 0 aliphatic heterocycles. The van der Waals surface area contributed by atoms with Crippen LogP contribution in [0.25, 0.3) is 0 Å². The van der Waals surface area contributed by atoms with Gasteiger partial charge in [0.05, 0.1) is 12.7 Å². The molecule has 0 atom stereocenters. The standard InChI is InChI=1S/C9H8BrClO2/c1-13-9(12)7-3-2-6(5-11)4-8(7)10/h2-4H,5H2,1H3. The number of rotatable bonds is 2. The van der Waals surface area contributed by atoms with E-state index < -0.39 is 0 Å². The van der Waals surface area contributed by atoms with E-state index in [4.69, 9.17) is 11.6 Å². The summed E-state index contributed by atoms with van der Waals surface area (Å²) >= 11 is 8.90. The zero-order valence-corrected chi connectivity index (χ0v) is 9.35. The van der Waals surface area contributed by atoms with Gasteiger partial charge in [-0.25, -0.2) is 4.79 Å². The predicted octanol–water partition coefficient (Wildman–Crippen LogP) is 2.97. The third kappa shape index (κ3) is 2.45. The summed E-state index contributed by atoms with van der Waals surface area (Å²) in [6.45, 7) is 0. The van der Waals surface area contributed by atoms with Crippen molar-refractivity contribution >= 4 is 33.5 Å². The first kappa shape index (κ1) is 10.5. The Bertz CT molecular complexity index is 325. The minimum Gasteiger partial charge on any atom is -0.465 e. The highest BCUT2D eigenvalue weighted by molar-refractivity contribution is 9.10. The van der Waals surface area contributed by atoms with Crippen LogP contribution in [-0.2, 0) is 10.6 Å². The predicted molar refractivity (Wildman–Crippen MR) is 55.0 cm³/mol. The average Bonchev–Trinajstić information content (AvgIpc) is 2.16. The molecule has 0 saturated carbocycles. The summed E-state index contributed by atoms with van der Waals surface area (Å²) in [4.78, 5) is 11.1. The van der Waals surface area contributed by atoms with E-state index in [9.17, 15) is 4.79 Å².